The molecule has 1 heterocycles. The molecular formula is C26H29N3O5S. The smallest absolute Gasteiger partial charge is 0.253 e. The van der Waals surface area contributed by atoms with Gasteiger partial charge in [0.05, 0.1) is 23.7 Å². The number of primary sulfonamides is 1. The predicted octanol–water partition coefficient (Wildman–Crippen LogP) is 2.72. The summed E-state index contributed by atoms with van der Waals surface area (Å²) in [4.78, 5) is 14.9. The monoisotopic (exact) mass is 495 g/mol. The summed E-state index contributed by atoms with van der Waals surface area (Å²) < 4.78 is 34.9. The van der Waals surface area contributed by atoms with E-state index in [4.69, 9.17) is 14.6 Å². The molecule has 1 amide bonds. The summed E-state index contributed by atoms with van der Waals surface area (Å²) in [6.07, 6.45) is 0.618. The molecule has 3 aromatic carbocycles. The van der Waals surface area contributed by atoms with Crippen molar-refractivity contribution in [3.05, 3.63) is 89.5 Å². The highest BCUT2D eigenvalue weighted by molar-refractivity contribution is 7.89. The number of nitrogens with one attached hydrogen (secondary N) is 1. The average Bonchev–Trinajstić information content (AvgIpc) is 2.88. The maximum atomic E-state index is 13.0. The lowest BCUT2D eigenvalue weighted by atomic mass is 10.1. The molecule has 1 fully saturated rings. The molecule has 4 rings (SSSR count). The van der Waals surface area contributed by atoms with Gasteiger partial charge in [0, 0.05) is 25.3 Å². The van der Waals surface area contributed by atoms with Gasteiger partial charge < -0.3 is 19.7 Å². The number of morpholine rings is 1. The summed E-state index contributed by atoms with van der Waals surface area (Å²) in [5, 5.41) is 8.20. The van der Waals surface area contributed by atoms with Gasteiger partial charge >= 0.3 is 0 Å². The third-order valence-corrected chi connectivity index (χ3v) is 6.67. The Balaban J connectivity index is 1.37. The maximum Gasteiger partial charge on any atom is 0.253 e. The molecule has 3 aromatic rings. The Kier molecular flexibility index (Phi) is 8.02. The fourth-order valence-electron chi connectivity index (χ4n) is 3.86. The van der Waals surface area contributed by atoms with Gasteiger partial charge in [0.1, 0.15) is 12.4 Å². The Labute approximate surface area is 205 Å². The van der Waals surface area contributed by atoms with E-state index in [0.29, 0.717) is 51.6 Å². The summed E-state index contributed by atoms with van der Waals surface area (Å²) in [6.45, 7) is 3.22. The minimum atomic E-state index is -3.93. The summed E-state index contributed by atoms with van der Waals surface area (Å²) in [7, 11) is -3.93. The molecule has 9 heteroatoms. The Morgan fingerprint density at radius 1 is 0.971 bits per heavy atom. The number of anilines is 1. The zero-order valence-corrected chi connectivity index (χ0v) is 20.2. The molecule has 0 unspecified atom stereocenters. The van der Waals surface area contributed by atoms with Crippen molar-refractivity contribution in [1.82, 2.24) is 5.32 Å². The summed E-state index contributed by atoms with van der Waals surface area (Å²) in [5.41, 5.74) is 3.09. The van der Waals surface area contributed by atoms with Gasteiger partial charge in [-0.3, -0.25) is 4.79 Å². The normalized spacial score (nSPS) is 13.9. The van der Waals surface area contributed by atoms with Crippen LogP contribution in [0.3, 0.4) is 0 Å². The van der Waals surface area contributed by atoms with Crippen LogP contribution in [0.15, 0.2) is 77.7 Å². The number of sulfonamides is 1. The summed E-state index contributed by atoms with van der Waals surface area (Å²) >= 11 is 0. The summed E-state index contributed by atoms with van der Waals surface area (Å²) in [5.74, 6) is 0.427. The Hall–Kier alpha value is -3.40. The van der Waals surface area contributed by atoms with Crippen LogP contribution in [0.25, 0.3) is 0 Å². The van der Waals surface area contributed by atoms with Gasteiger partial charge in [-0.1, -0.05) is 42.5 Å². The molecule has 184 valence electrons. The first-order valence-corrected chi connectivity index (χ1v) is 13.0. The molecule has 1 saturated heterocycles. The van der Waals surface area contributed by atoms with Crippen molar-refractivity contribution in [2.24, 2.45) is 5.14 Å². The molecule has 3 N–H and O–H groups in total. The topological polar surface area (TPSA) is 111 Å². The van der Waals surface area contributed by atoms with Crippen molar-refractivity contribution < 1.29 is 22.7 Å². The van der Waals surface area contributed by atoms with E-state index in [1.165, 1.54) is 12.1 Å². The van der Waals surface area contributed by atoms with Crippen molar-refractivity contribution in [2.75, 3.05) is 37.7 Å². The zero-order valence-electron chi connectivity index (χ0n) is 19.4. The van der Waals surface area contributed by atoms with E-state index in [2.05, 4.69) is 5.32 Å². The van der Waals surface area contributed by atoms with Gasteiger partial charge in [-0.05, 0) is 47.9 Å². The van der Waals surface area contributed by atoms with Crippen LogP contribution < -0.4 is 20.1 Å². The van der Waals surface area contributed by atoms with E-state index in [0.717, 1.165) is 16.9 Å². The number of hydrogen-bond acceptors (Lipinski definition) is 6. The molecule has 0 aromatic heterocycles. The van der Waals surface area contributed by atoms with Gasteiger partial charge in [0.25, 0.3) is 5.91 Å². The molecule has 0 aliphatic carbocycles. The van der Waals surface area contributed by atoms with E-state index >= 15 is 0 Å². The number of benzene rings is 3. The number of amides is 1. The molecule has 35 heavy (non-hydrogen) atoms. The van der Waals surface area contributed by atoms with Crippen LogP contribution in [0.4, 0.5) is 5.69 Å². The molecule has 0 atom stereocenters. The number of ether oxygens (including phenoxy) is 2. The Morgan fingerprint density at radius 3 is 2.37 bits per heavy atom. The minimum Gasteiger partial charge on any atom is -0.489 e. The van der Waals surface area contributed by atoms with Crippen LogP contribution >= 0.6 is 0 Å². The fourth-order valence-corrected chi connectivity index (χ4v) is 4.40. The summed E-state index contributed by atoms with van der Waals surface area (Å²) in [6, 6.07) is 22.1. The van der Waals surface area contributed by atoms with Crippen molar-refractivity contribution in [1.29, 1.82) is 0 Å². The highest BCUT2D eigenvalue weighted by Gasteiger charge is 2.21. The number of nitrogens with zero attached hydrogens (tertiary/aromatic N) is 1. The van der Waals surface area contributed by atoms with Crippen LogP contribution in [-0.2, 0) is 27.8 Å². The van der Waals surface area contributed by atoms with E-state index < -0.39 is 10.0 Å². The standard InChI is InChI=1S/C26H29N3O5S/c27-35(31,32)23-10-11-25(29-14-16-33-17-15-29)24(18-23)26(30)28-13-12-20-6-8-22(9-7-20)34-19-21-4-2-1-3-5-21/h1-11,18H,12-17,19H2,(H,28,30)(H2,27,31,32). The highest BCUT2D eigenvalue weighted by Crippen LogP contribution is 2.25. The second-order valence-corrected chi connectivity index (χ2v) is 9.81. The van der Waals surface area contributed by atoms with E-state index in [-0.39, 0.29) is 16.4 Å². The second-order valence-electron chi connectivity index (χ2n) is 8.25. The first kappa shape index (κ1) is 24.7. The second kappa shape index (κ2) is 11.4. The maximum absolute atomic E-state index is 13.0. The van der Waals surface area contributed by atoms with Crippen molar-refractivity contribution in [2.45, 2.75) is 17.9 Å². The Morgan fingerprint density at radius 2 is 1.69 bits per heavy atom. The number of hydrogen-bond donors (Lipinski definition) is 2. The number of nitrogens with two attached hydrogens (primary N) is 1. The van der Waals surface area contributed by atoms with Gasteiger partial charge in [-0.2, -0.15) is 0 Å². The van der Waals surface area contributed by atoms with E-state index in [1.807, 2.05) is 59.5 Å². The number of rotatable bonds is 9. The van der Waals surface area contributed by atoms with Crippen LogP contribution in [0, 0.1) is 0 Å². The Bertz CT molecular complexity index is 1240. The lowest BCUT2D eigenvalue weighted by Crippen LogP contribution is -2.38. The van der Waals surface area contributed by atoms with Gasteiger partial charge in [0.2, 0.25) is 10.0 Å². The highest BCUT2D eigenvalue weighted by atomic mass is 32.2. The van der Waals surface area contributed by atoms with E-state index in [1.54, 1.807) is 6.07 Å². The molecule has 0 saturated carbocycles. The largest absolute Gasteiger partial charge is 0.489 e. The SMILES string of the molecule is NS(=O)(=O)c1ccc(N2CCOCC2)c(C(=O)NCCc2ccc(OCc3ccccc3)cc2)c1. The average molecular weight is 496 g/mol. The van der Waals surface area contributed by atoms with Crippen molar-refractivity contribution in [3.8, 4) is 5.75 Å². The third kappa shape index (κ3) is 6.82. The molecular weight excluding hydrogens is 466 g/mol. The quantitative estimate of drug-likeness (QED) is 0.472. The predicted molar refractivity (Wildman–Crippen MR) is 134 cm³/mol. The van der Waals surface area contributed by atoms with Gasteiger partial charge in [-0.15, -0.1) is 0 Å². The zero-order chi connectivity index (χ0) is 24.7. The van der Waals surface area contributed by atoms with Gasteiger partial charge in [0.15, 0.2) is 0 Å². The van der Waals surface area contributed by atoms with Crippen LogP contribution in [0.5, 0.6) is 5.75 Å². The van der Waals surface area contributed by atoms with Crippen molar-refractivity contribution >= 4 is 21.6 Å². The van der Waals surface area contributed by atoms with Crippen molar-refractivity contribution in [3.63, 3.8) is 0 Å². The number of carbonyl (C=O) groups excluding carboxylic acids is 1. The minimum absolute atomic E-state index is 0.0919. The van der Waals surface area contributed by atoms with Crippen LogP contribution in [0.1, 0.15) is 21.5 Å². The van der Waals surface area contributed by atoms with Crippen LogP contribution in [0.2, 0.25) is 0 Å². The lowest BCUT2D eigenvalue weighted by molar-refractivity contribution is 0.0952. The first-order valence-electron chi connectivity index (χ1n) is 11.4. The third-order valence-electron chi connectivity index (χ3n) is 5.76. The van der Waals surface area contributed by atoms with E-state index in [9.17, 15) is 13.2 Å². The molecule has 0 spiro atoms. The molecule has 0 radical (unpaired) electrons. The number of carbonyl (C=O) groups is 1. The lowest BCUT2D eigenvalue weighted by Gasteiger charge is -2.30. The van der Waals surface area contributed by atoms with Gasteiger partial charge in [-0.25, -0.2) is 13.6 Å². The molecule has 1 aliphatic rings. The molecule has 0 bridgehead atoms. The molecule has 1 aliphatic heterocycles. The first-order chi connectivity index (χ1) is 16.9. The fraction of sp³-hybridized carbons (Fsp3) is 0.269. The van der Waals surface area contributed by atoms with Crippen LogP contribution in [-0.4, -0.2) is 47.2 Å². The molecule has 8 nitrogen and oxygen atoms in total.